The van der Waals surface area contributed by atoms with Gasteiger partial charge in [0.1, 0.15) is 0 Å². The number of fused-ring (bicyclic) bond motifs is 1. The molecule has 4 atom stereocenters. The summed E-state index contributed by atoms with van der Waals surface area (Å²) in [7, 11) is 0. The first kappa shape index (κ1) is 8.83. The molecule has 2 heteroatoms. The van der Waals surface area contributed by atoms with Crippen molar-refractivity contribution in [3.8, 4) is 0 Å². The van der Waals surface area contributed by atoms with Gasteiger partial charge in [-0.15, -0.1) is 11.6 Å². The van der Waals surface area contributed by atoms with E-state index in [2.05, 4.69) is 12.2 Å². The van der Waals surface area contributed by atoms with E-state index in [1.54, 1.807) is 0 Å². The van der Waals surface area contributed by atoms with Gasteiger partial charge in [-0.25, -0.2) is 0 Å². The van der Waals surface area contributed by atoms with E-state index in [-0.39, 0.29) is 0 Å². The van der Waals surface area contributed by atoms with E-state index in [0.717, 1.165) is 18.4 Å². The third kappa shape index (κ3) is 1.62. The Morgan fingerprint density at radius 3 is 2.83 bits per heavy atom. The molecule has 0 radical (unpaired) electrons. The van der Waals surface area contributed by atoms with Gasteiger partial charge in [-0.2, -0.15) is 0 Å². The van der Waals surface area contributed by atoms with E-state index in [1.807, 2.05) is 0 Å². The van der Waals surface area contributed by atoms with Crippen LogP contribution in [0.25, 0.3) is 0 Å². The highest BCUT2D eigenvalue weighted by molar-refractivity contribution is 6.20. The number of hydrogen-bond acceptors (Lipinski definition) is 1. The van der Waals surface area contributed by atoms with Crippen LogP contribution in [0.1, 0.15) is 39.0 Å². The summed E-state index contributed by atoms with van der Waals surface area (Å²) in [6, 6.07) is 1.36. The minimum absolute atomic E-state index is 0.437. The zero-order valence-corrected chi connectivity index (χ0v) is 8.48. The molecule has 0 aromatic heterocycles. The topological polar surface area (TPSA) is 12.0 Å². The van der Waals surface area contributed by atoms with Crippen molar-refractivity contribution in [2.75, 3.05) is 0 Å². The Balaban J connectivity index is 2.01. The van der Waals surface area contributed by atoms with E-state index >= 15 is 0 Å². The molecule has 2 fully saturated rings. The molecule has 2 aliphatic rings. The molecule has 1 saturated heterocycles. The number of hydrogen-bond donors (Lipinski definition) is 1. The van der Waals surface area contributed by atoms with Crippen LogP contribution >= 0.6 is 11.6 Å². The molecule has 1 heterocycles. The second-order valence-electron chi connectivity index (χ2n) is 4.37. The average molecular weight is 188 g/mol. The molecule has 0 aromatic rings. The number of rotatable bonds is 0. The summed E-state index contributed by atoms with van der Waals surface area (Å²) in [5, 5.41) is 4.10. The molecule has 0 bridgehead atoms. The first-order valence-corrected chi connectivity index (χ1v) is 5.61. The second kappa shape index (κ2) is 3.55. The predicted molar refractivity (Wildman–Crippen MR) is 52.6 cm³/mol. The van der Waals surface area contributed by atoms with Gasteiger partial charge in [-0.3, -0.25) is 0 Å². The van der Waals surface area contributed by atoms with E-state index in [4.69, 9.17) is 11.6 Å². The van der Waals surface area contributed by atoms with Crippen LogP contribution in [0.4, 0.5) is 0 Å². The summed E-state index contributed by atoms with van der Waals surface area (Å²) in [6.07, 6.45) is 6.63. The standard InChI is InChI=1S/C10H18ClN/c1-7-6-9(11)8-4-2-3-5-10(8)12-7/h7-10,12H,2-6H2,1H3/t7-,8-,9-,10-/m0/s1. The van der Waals surface area contributed by atoms with Gasteiger partial charge in [0.15, 0.2) is 0 Å². The smallest absolute Gasteiger partial charge is 0.0393 e. The number of alkyl halides is 1. The minimum Gasteiger partial charge on any atom is -0.311 e. The lowest BCUT2D eigenvalue weighted by Gasteiger charge is -2.42. The summed E-state index contributed by atoms with van der Waals surface area (Å²) >= 11 is 6.35. The molecule has 1 aliphatic heterocycles. The molecule has 0 spiro atoms. The van der Waals surface area contributed by atoms with Gasteiger partial charge in [-0.1, -0.05) is 12.8 Å². The van der Waals surface area contributed by atoms with E-state index in [0.29, 0.717) is 11.4 Å². The van der Waals surface area contributed by atoms with Crippen LogP contribution in [0.5, 0.6) is 0 Å². The molecule has 0 aromatic carbocycles. The molecule has 1 aliphatic carbocycles. The van der Waals surface area contributed by atoms with Crippen LogP contribution in [0.2, 0.25) is 0 Å². The van der Waals surface area contributed by atoms with Crippen molar-refractivity contribution in [3.63, 3.8) is 0 Å². The molecule has 1 nitrogen and oxygen atoms in total. The molecular weight excluding hydrogens is 170 g/mol. The van der Waals surface area contributed by atoms with E-state index in [1.165, 1.54) is 25.7 Å². The third-order valence-corrected chi connectivity index (χ3v) is 3.86. The fourth-order valence-electron chi connectivity index (χ4n) is 2.75. The van der Waals surface area contributed by atoms with Crippen LogP contribution in [0.15, 0.2) is 0 Å². The van der Waals surface area contributed by atoms with Crippen molar-refractivity contribution < 1.29 is 0 Å². The molecule has 1 N–H and O–H groups in total. The maximum atomic E-state index is 6.35. The van der Waals surface area contributed by atoms with Crippen molar-refractivity contribution in [1.82, 2.24) is 5.32 Å². The predicted octanol–water partition coefficient (Wildman–Crippen LogP) is 2.53. The van der Waals surface area contributed by atoms with Gasteiger partial charge in [-0.05, 0) is 32.1 Å². The summed E-state index contributed by atoms with van der Waals surface area (Å²) in [5.74, 6) is 0.761. The maximum Gasteiger partial charge on any atom is 0.0393 e. The maximum absolute atomic E-state index is 6.35. The quantitative estimate of drug-likeness (QED) is 0.575. The molecule has 70 valence electrons. The number of nitrogens with one attached hydrogen (secondary N) is 1. The average Bonchev–Trinajstić information content (AvgIpc) is 2.04. The number of halogens is 1. The monoisotopic (exact) mass is 187 g/mol. The van der Waals surface area contributed by atoms with Crippen LogP contribution in [0.3, 0.4) is 0 Å². The van der Waals surface area contributed by atoms with E-state index < -0.39 is 0 Å². The van der Waals surface area contributed by atoms with Crippen LogP contribution in [-0.2, 0) is 0 Å². The molecule has 0 unspecified atom stereocenters. The molecule has 1 saturated carbocycles. The lowest BCUT2D eigenvalue weighted by Crippen LogP contribution is -2.52. The first-order valence-electron chi connectivity index (χ1n) is 5.17. The Bertz CT molecular complexity index is 160. The lowest BCUT2D eigenvalue weighted by atomic mass is 9.77. The van der Waals surface area contributed by atoms with Gasteiger partial charge in [0.2, 0.25) is 0 Å². The van der Waals surface area contributed by atoms with Gasteiger partial charge in [0.05, 0.1) is 0 Å². The number of piperidine rings is 1. The molecular formula is C10H18ClN. The lowest BCUT2D eigenvalue weighted by molar-refractivity contribution is 0.187. The molecule has 12 heavy (non-hydrogen) atoms. The Morgan fingerprint density at radius 2 is 2.00 bits per heavy atom. The molecule has 2 rings (SSSR count). The van der Waals surface area contributed by atoms with Crippen LogP contribution < -0.4 is 5.32 Å². The van der Waals surface area contributed by atoms with Crippen molar-refractivity contribution in [1.29, 1.82) is 0 Å². The minimum atomic E-state index is 0.437. The Kier molecular flexibility index (Phi) is 2.61. The SMILES string of the molecule is C[C@H]1C[C@H](Cl)[C@@H]2CCCC[C@@H]2N1. The summed E-state index contributed by atoms with van der Waals surface area (Å²) in [6.45, 7) is 2.25. The van der Waals surface area contributed by atoms with Gasteiger partial charge in [0, 0.05) is 17.5 Å². The summed E-state index contributed by atoms with van der Waals surface area (Å²) < 4.78 is 0. The van der Waals surface area contributed by atoms with E-state index in [9.17, 15) is 0 Å². The van der Waals surface area contributed by atoms with Gasteiger partial charge < -0.3 is 5.32 Å². The highest BCUT2D eigenvalue weighted by Crippen LogP contribution is 2.35. The second-order valence-corrected chi connectivity index (χ2v) is 4.93. The van der Waals surface area contributed by atoms with Gasteiger partial charge in [0.25, 0.3) is 0 Å². The summed E-state index contributed by atoms with van der Waals surface area (Å²) in [5.41, 5.74) is 0. The van der Waals surface area contributed by atoms with Gasteiger partial charge >= 0.3 is 0 Å². The normalized spacial score (nSPS) is 48.5. The van der Waals surface area contributed by atoms with Crippen molar-refractivity contribution in [2.24, 2.45) is 5.92 Å². The summed E-state index contributed by atoms with van der Waals surface area (Å²) in [4.78, 5) is 0. The largest absolute Gasteiger partial charge is 0.311 e. The zero-order chi connectivity index (χ0) is 8.55. The van der Waals surface area contributed by atoms with Crippen molar-refractivity contribution >= 4 is 11.6 Å². The van der Waals surface area contributed by atoms with Crippen LogP contribution in [-0.4, -0.2) is 17.5 Å². The van der Waals surface area contributed by atoms with Crippen LogP contribution in [0, 0.1) is 5.92 Å². The Hall–Kier alpha value is 0.250. The highest BCUT2D eigenvalue weighted by Gasteiger charge is 2.35. The van der Waals surface area contributed by atoms with Crippen molar-refractivity contribution in [2.45, 2.75) is 56.5 Å². The molecule has 0 amide bonds. The third-order valence-electron chi connectivity index (χ3n) is 3.36. The first-order chi connectivity index (χ1) is 5.77. The Morgan fingerprint density at radius 1 is 1.25 bits per heavy atom. The fraction of sp³-hybridized carbons (Fsp3) is 1.00. The highest BCUT2D eigenvalue weighted by atomic mass is 35.5. The zero-order valence-electron chi connectivity index (χ0n) is 7.72. The fourth-order valence-corrected chi connectivity index (χ4v) is 3.31. The van der Waals surface area contributed by atoms with Crippen molar-refractivity contribution in [3.05, 3.63) is 0 Å². The Labute approximate surface area is 79.9 Å².